The molecule has 1 N–H and O–H groups in total. The third-order valence-corrected chi connectivity index (χ3v) is 8.64. The molecule has 10 heteroatoms. The molecule has 2 aromatic heterocycles. The first-order chi connectivity index (χ1) is 15.8. The van der Waals surface area contributed by atoms with E-state index in [1.165, 1.54) is 16.1 Å². The number of amides is 1. The van der Waals surface area contributed by atoms with Gasteiger partial charge in [0.25, 0.3) is 0 Å². The lowest BCUT2D eigenvalue weighted by atomic mass is 9.82. The number of rotatable bonds is 7. The van der Waals surface area contributed by atoms with E-state index in [-0.39, 0.29) is 37.1 Å². The monoisotopic (exact) mass is 478 g/mol. The Kier molecular flexibility index (Phi) is 6.48. The Hall–Kier alpha value is -1.94. The van der Waals surface area contributed by atoms with E-state index in [0.29, 0.717) is 11.6 Å². The summed E-state index contributed by atoms with van der Waals surface area (Å²) in [5, 5.41) is 12.3. The van der Waals surface area contributed by atoms with Crippen LogP contribution >= 0.6 is 11.3 Å². The van der Waals surface area contributed by atoms with Crippen molar-refractivity contribution in [3.63, 3.8) is 0 Å². The van der Waals surface area contributed by atoms with Crippen LogP contribution in [0.4, 0.5) is 8.78 Å². The van der Waals surface area contributed by atoms with E-state index >= 15 is 0 Å². The van der Waals surface area contributed by atoms with Crippen molar-refractivity contribution in [3.05, 3.63) is 27.5 Å². The van der Waals surface area contributed by atoms with Crippen molar-refractivity contribution in [3.8, 4) is 0 Å². The molecular weight excluding hydrogens is 446 g/mol. The van der Waals surface area contributed by atoms with Gasteiger partial charge >= 0.3 is 0 Å². The van der Waals surface area contributed by atoms with Crippen molar-refractivity contribution in [1.82, 2.24) is 30.2 Å². The van der Waals surface area contributed by atoms with Crippen LogP contribution in [0.3, 0.4) is 0 Å². The van der Waals surface area contributed by atoms with Crippen LogP contribution in [-0.2, 0) is 31.2 Å². The van der Waals surface area contributed by atoms with Gasteiger partial charge in [-0.05, 0) is 51.0 Å². The van der Waals surface area contributed by atoms with E-state index in [1.54, 1.807) is 24.6 Å². The number of hydrogen-bond donors (Lipinski definition) is 1. The second kappa shape index (κ2) is 9.37. The summed E-state index contributed by atoms with van der Waals surface area (Å²) >= 11 is 1.66. The predicted molar refractivity (Wildman–Crippen MR) is 121 cm³/mol. The third kappa shape index (κ3) is 5.59. The zero-order chi connectivity index (χ0) is 23.0. The summed E-state index contributed by atoms with van der Waals surface area (Å²) in [6, 6.07) is 0.260. The highest BCUT2D eigenvalue weighted by Crippen LogP contribution is 2.49. The molecule has 2 fully saturated rings. The quantitative estimate of drug-likeness (QED) is 0.660. The average molecular weight is 479 g/mol. The SMILES string of the molecule is Cn1ncc(CC(=O)N[C@H]2CC[C@H](CCN3CCc4sc(C5CC(F)(F)C5)nc4C3)CC2)n1. The summed E-state index contributed by atoms with van der Waals surface area (Å²) < 4.78 is 26.4. The molecule has 180 valence electrons. The molecule has 3 aliphatic rings. The molecule has 1 aliphatic heterocycles. The summed E-state index contributed by atoms with van der Waals surface area (Å²) in [6.07, 6.45) is 8.36. The van der Waals surface area contributed by atoms with Gasteiger partial charge in [-0.25, -0.2) is 13.8 Å². The highest BCUT2D eigenvalue weighted by molar-refractivity contribution is 7.11. The average Bonchev–Trinajstić information content (AvgIpc) is 3.36. The molecule has 2 saturated carbocycles. The fourth-order valence-electron chi connectivity index (χ4n) is 5.35. The van der Waals surface area contributed by atoms with E-state index < -0.39 is 5.92 Å². The van der Waals surface area contributed by atoms with Gasteiger partial charge < -0.3 is 5.32 Å². The van der Waals surface area contributed by atoms with Crippen LogP contribution in [0.25, 0.3) is 0 Å². The number of hydrogen-bond acceptors (Lipinski definition) is 6. The number of fused-ring (bicyclic) bond motifs is 1. The Morgan fingerprint density at radius 3 is 2.76 bits per heavy atom. The summed E-state index contributed by atoms with van der Waals surface area (Å²) in [5.41, 5.74) is 1.82. The predicted octanol–water partition coefficient (Wildman–Crippen LogP) is 3.45. The number of halogens is 2. The Labute approximate surface area is 196 Å². The number of aryl methyl sites for hydroxylation is 1. The van der Waals surface area contributed by atoms with Gasteiger partial charge in [-0.1, -0.05) is 0 Å². The molecule has 2 aromatic rings. The first-order valence-corrected chi connectivity index (χ1v) is 12.9. The zero-order valence-corrected chi connectivity index (χ0v) is 19.9. The fraction of sp³-hybridized carbons (Fsp3) is 0.739. The lowest BCUT2D eigenvalue weighted by Crippen LogP contribution is -2.39. The maximum atomic E-state index is 13.2. The largest absolute Gasteiger partial charge is 0.353 e. The van der Waals surface area contributed by atoms with Crippen LogP contribution in [-0.4, -0.2) is 55.8 Å². The molecule has 7 nitrogen and oxygen atoms in total. The van der Waals surface area contributed by atoms with E-state index in [1.807, 2.05) is 0 Å². The lowest BCUT2D eigenvalue weighted by Gasteiger charge is -2.33. The molecule has 1 amide bonds. The molecule has 5 rings (SSSR count). The number of aromatic nitrogens is 4. The zero-order valence-electron chi connectivity index (χ0n) is 19.1. The molecule has 0 atom stereocenters. The standard InChI is InChI=1S/C23H32F2N6OS/c1-30-26-13-18(29-30)10-21(32)27-17-4-2-15(3-5-17)6-8-31-9-7-20-19(14-31)28-22(33-20)16-11-23(24,25)12-16/h13,15-17H,2-12,14H2,1H3,(H,27,32)/t15-,17-. The van der Waals surface area contributed by atoms with Crippen LogP contribution in [0, 0.1) is 5.92 Å². The van der Waals surface area contributed by atoms with Crippen molar-refractivity contribution >= 4 is 17.2 Å². The van der Waals surface area contributed by atoms with Crippen molar-refractivity contribution < 1.29 is 13.6 Å². The van der Waals surface area contributed by atoms with Gasteiger partial charge in [0.1, 0.15) is 0 Å². The van der Waals surface area contributed by atoms with Crippen LogP contribution in [0.2, 0.25) is 0 Å². The first-order valence-electron chi connectivity index (χ1n) is 12.1. The van der Waals surface area contributed by atoms with Crippen molar-refractivity contribution in [2.75, 3.05) is 13.1 Å². The molecule has 0 bridgehead atoms. The Morgan fingerprint density at radius 2 is 2.06 bits per heavy atom. The van der Waals surface area contributed by atoms with Gasteiger partial charge in [-0.3, -0.25) is 9.69 Å². The third-order valence-electron chi connectivity index (χ3n) is 7.32. The second-order valence-corrected chi connectivity index (χ2v) is 11.1. The summed E-state index contributed by atoms with van der Waals surface area (Å²) in [4.78, 5) is 22.3. The summed E-state index contributed by atoms with van der Waals surface area (Å²) in [7, 11) is 1.75. The molecule has 0 unspecified atom stereocenters. The number of nitrogens with one attached hydrogen (secondary N) is 1. The molecule has 33 heavy (non-hydrogen) atoms. The number of carbonyl (C=O) groups excluding carboxylic acids is 1. The van der Waals surface area contributed by atoms with E-state index in [0.717, 1.165) is 62.4 Å². The molecular formula is C23H32F2N6OS. The lowest BCUT2D eigenvalue weighted by molar-refractivity contribution is -0.121. The van der Waals surface area contributed by atoms with Crippen molar-refractivity contribution in [2.45, 2.75) is 82.2 Å². The topological polar surface area (TPSA) is 75.9 Å². The van der Waals surface area contributed by atoms with Gasteiger partial charge in [0.05, 0.1) is 29.0 Å². The van der Waals surface area contributed by atoms with Gasteiger partial charge in [0, 0.05) is 49.8 Å². The summed E-state index contributed by atoms with van der Waals surface area (Å²) in [6.45, 7) is 2.94. The normalized spacial score (nSPS) is 25.4. The maximum absolute atomic E-state index is 13.2. The Morgan fingerprint density at radius 1 is 1.27 bits per heavy atom. The van der Waals surface area contributed by atoms with Crippen LogP contribution in [0.15, 0.2) is 6.20 Å². The second-order valence-electron chi connectivity index (χ2n) is 9.99. The number of thiazole rings is 1. The minimum Gasteiger partial charge on any atom is -0.353 e. The van der Waals surface area contributed by atoms with Gasteiger partial charge in [0.15, 0.2) is 0 Å². The maximum Gasteiger partial charge on any atom is 0.249 e. The van der Waals surface area contributed by atoms with Gasteiger partial charge in [0.2, 0.25) is 11.8 Å². The van der Waals surface area contributed by atoms with Gasteiger partial charge in [-0.2, -0.15) is 15.0 Å². The van der Waals surface area contributed by atoms with Crippen LogP contribution in [0.1, 0.15) is 72.1 Å². The highest BCUT2D eigenvalue weighted by atomic mass is 32.1. The molecule has 2 aliphatic carbocycles. The minimum absolute atomic E-state index is 0.0244. The van der Waals surface area contributed by atoms with Gasteiger partial charge in [-0.15, -0.1) is 11.3 Å². The number of alkyl halides is 2. The summed E-state index contributed by atoms with van der Waals surface area (Å²) in [5.74, 6) is -1.80. The molecule has 0 spiro atoms. The number of carbonyl (C=O) groups is 1. The fourth-order valence-corrected chi connectivity index (χ4v) is 6.51. The highest BCUT2D eigenvalue weighted by Gasteiger charge is 2.47. The van der Waals surface area contributed by atoms with Crippen LogP contribution in [0.5, 0.6) is 0 Å². The Bertz CT molecular complexity index is 976. The van der Waals surface area contributed by atoms with Crippen molar-refractivity contribution in [1.29, 1.82) is 0 Å². The van der Waals surface area contributed by atoms with E-state index in [4.69, 9.17) is 4.98 Å². The van der Waals surface area contributed by atoms with Crippen LogP contribution < -0.4 is 5.32 Å². The minimum atomic E-state index is -2.48. The first kappa shape index (κ1) is 22.8. The molecule has 0 aromatic carbocycles. The smallest absolute Gasteiger partial charge is 0.249 e. The van der Waals surface area contributed by atoms with Crippen molar-refractivity contribution in [2.24, 2.45) is 13.0 Å². The Balaban J connectivity index is 1.02. The van der Waals surface area contributed by atoms with E-state index in [2.05, 4.69) is 20.4 Å². The van der Waals surface area contributed by atoms with E-state index in [9.17, 15) is 13.6 Å². The molecule has 0 radical (unpaired) electrons. The molecule has 0 saturated heterocycles. The number of nitrogens with zero attached hydrogens (tertiary/aromatic N) is 5. The molecule has 3 heterocycles.